The number of nitrogens with zero attached hydrogens (tertiary/aromatic N) is 1. The van der Waals surface area contributed by atoms with Gasteiger partial charge < -0.3 is 4.48 Å². The van der Waals surface area contributed by atoms with Gasteiger partial charge in [0.05, 0.1) is 0 Å². The zero-order chi connectivity index (χ0) is 7.84. The summed E-state index contributed by atoms with van der Waals surface area (Å²) in [6, 6.07) is 6.49. The molecule has 0 unspecified atom stereocenters. The summed E-state index contributed by atoms with van der Waals surface area (Å²) in [6.07, 6.45) is 1.63. The van der Waals surface area contributed by atoms with Crippen LogP contribution in [0.25, 0.3) is 10.9 Å². The van der Waals surface area contributed by atoms with E-state index in [2.05, 4.69) is 0 Å². The highest BCUT2D eigenvalue weighted by Crippen LogP contribution is 2.16. The molecule has 0 spiro atoms. The third-order valence-electron chi connectivity index (χ3n) is 1.71. The van der Waals surface area contributed by atoms with Gasteiger partial charge in [-0.15, -0.1) is 0 Å². The summed E-state index contributed by atoms with van der Waals surface area (Å²) < 4.78 is 14.3. The molecule has 1 aromatic carbocycles. The van der Waals surface area contributed by atoms with Crippen LogP contribution in [0.1, 0.15) is 0 Å². The van der Waals surface area contributed by atoms with Crippen molar-refractivity contribution in [1.82, 2.24) is 4.48 Å². The molecule has 2 rings (SSSR count). The Labute approximate surface area is 64.9 Å². The van der Waals surface area contributed by atoms with Crippen molar-refractivity contribution < 1.29 is 4.39 Å². The molecule has 0 aliphatic rings. The molecule has 0 bridgehead atoms. The van der Waals surface area contributed by atoms with Gasteiger partial charge in [0.25, 0.3) is 0 Å². The molecule has 1 nitrogen and oxygen atoms in total. The summed E-state index contributed by atoms with van der Waals surface area (Å²) in [5, 5.41) is 0.565. The summed E-state index contributed by atoms with van der Waals surface area (Å²) in [5.74, 6) is -0.230. The number of halogens is 1. The van der Waals surface area contributed by atoms with E-state index in [0.29, 0.717) is 10.9 Å². The van der Waals surface area contributed by atoms with Gasteiger partial charge in [-0.3, -0.25) is 0 Å². The average Bonchev–Trinajstić information content (AvgIpc) is 2.35. The van der Waals surface area contributed by atoms with Crippen LogP contribution in [0, 0.1) is 5.82 Å². The van der Waals surface area contributed by atoms with Crippen molar-refractivity contribution in [1.29, 1.82) is 0 Å². The first-order valence-corrected chi connectivity index (χ1v) is 3.30. The predicted octanol–water partition coefficient (Wildman–Crippen LogP) is 1.71. The lowest BCUT2D eigenvalue weighted by molar-refractivity contribution is 0.640. The van der Waals surface area contributed by atoms with E-state index in [-0.39, 0.29) is 5.82 Å². The van der Waals surface area contributed by atoms with Crippen LogP contribution in [-0.2, 0) is 0 Å². The molecule has 2 aromatic rings. The predicted molar refractivity (Wildman–Crippen MR) is 43.0 cm³/mol. The molecule has 1 heterocycles. The monoisotopic (exact) mass is 145 g/mol. The molecule has 0 aliphatic carbocycles. The summed E-state index contributed by atoms with van der Waals surface area (Å²) in [5.41, 5.74) is 0.713. The maximum Gasteiger partial charge on any atom is 0.234 e. The van der Waals surface area contributed by atoms with E-state index >= 15 is 0 Å². The molecular formula is C8H5BFN. The van der Waals surface area contributed by atoms with E-state index in [1.807, 2.05) is 0 Å². The van der Waals surface area contributed by atoms with Crippen LogP contribution in [0.3, 0.4) is 0 Å². The number of benzene rings is 1. The highest BCUT2D eigenvalue weighted by atomic mass is 19.1. The average molecular weight is 145 g/mol. The third-order valence-corrected chi connectivity index (χ3v) is 1.71. The molecule has 0 atom stereocenters. The molecule has 0 aliphatic heterocycles. The van der Waals surface area contributed by atoms with Crippen molar-refractivity contribution in [3.63, 3.8) is 0 Å². The van der Waals surface area contributed by atoms with E-state index in [9.17, 15) is 4.39 Å². The summed E-state index contributed by atoms with van der Waals surface area (Å²) in [7, 11) is 5.50. The number of hydrogen-bond acceptors (Lipinski definition) is 0. The van der Waals surface area contributed by atoms with E-state index in [1.54, 1.807) is 24.4 Å². The van der Waals surface area contributed by atoms with Crippen LogP contribution in [0.2, 0.25) is 0 Å². The molecule has 0 N–H and O–H groups in total. The lowest BCUT2D eigenvalue weighted by Crippen LogP contribution is -1.87. The first-order chi connectivity index (χ1) is 5.29. The van der Waals surface area contributed by atoms with Gasteiger partial charge in [0.1, 0.15) is 5.82 Å². The summed E-state index contributed by atoms with van der Waals surface area (Å²) in [4.78, 5) is 0. The molecule has 1 aromatic heterocycles. The Bertz CT molecular complexity index is 394. The molecule has 0 amide bonds. The normalized spacial score (nSPS) is 10.6. The Balaban J connectivity index is 2.94. The molecule has 2 radical (unpaired) electrons. The van der Waals surface area contributed by atoms with Gasteiger partial charge in [-0.25, -0.2) is 4.39 Å². The first-order valence-electron chi connectivity index (χ1n) is 3.30. The van der Waals surface area contributed by atoms with E-state index < -0.39 is 0 Å². The van der Waals surface area contributed by atoms with E-state index in [1.165, 1.54) is 10.5 Å². The Morgan fingerprint density at radius 2 is 2.09 bits per heavy atom. The maximum absolute atomic E-state index is 12.9. The largest absolute Gasteiger partial charge is 0.403 e. The van der Waals surface area contributed by atoms with Gasteiger partial charge in [-0.1, -0.05) is 6.07 Å². The lowest BCUT2D eigenvalue weighted by atomic mass is 10.2. The van der Waals surface area contributed by atoms with Gasteiger partial charge in [0.15, 0.2) is 0 Å². The Morgan fingerprint density at radius 3 is 2.82 bits per heavy atom. The van der Waals surface area contributed by atoms with Gasteiger partial charge in [-0.2, -0.15) is 0 Å². The second kappa shape index (κ2) is 2.12. The lowest BCUT2D eigenvalue weighted by Gasteiger charge is -1.95. The fourth-order valence-electron chi connectivity index (χ4n) is 1.15. The fraction of sp³-hybridized carbons (Fsp3) is 0. The molecular weight excluding hydrogens is 140 g/mol. The third kappa shape index (κ3) is 0.844. The van der Waals surface area contributed by atoms with Crippen molar-refractivity contribution in [2.45, 2.75) is 0 Å². The minimum absolute atomic E-state index is 0.230. The van der Waals surface area contributed by atoms with Gasteiger partial charge in [-0.05, 0) is 24.4 Å². The quantitative estimate of drug-likeness (QED) is 0.497. The molecule has 0 saturated heterocycles. The molecule has 0 saturated carbocycles. The van der Waals surface area contributed by atoms with E-state index in [4.69, 9.17) is 7.98 Å². The fourth-order valence-corrected chi connectivity index (χ4v) is 1.15. The summed E-state index contributed by atoms with van der Waals surface area (Å²) >= 11 is 0. The Kier molecular flexibility index (Phi) is 1.25. The van der Waals surface area contributed by atoms with Crippen molar-refractivity contribution in [3.05, 3.63) is 36.3 Å². The van der Waals surface area contributed by atoms with Crippen molar-refractivity contribution in [3.8, 4) is 0 Å². The Morgan fingerprint density at radius 1 is 1.27 bits per heavy atom. The second-order valence-corrected chi connectivity index (χ2v) is 2.40. The van der Waals surface area contributed by atoms with Gasteiger partial charge >= 0.3 is 0 Å². The first kappa shape index (κ1) is 6.46. The second-order valence-electron chi connectivity index (χ2n) is 2.40. The van der Waals surface area contributed by atoms with Gasteiger partial charge in [0, 0.05) is 10.9 Å². The van der Waals surface area contributed by atoms with Crippen LogP contribution in [0.4, 0.5) is 4.39 Å². The molecule has 11 heavy (non-hydrogen) atoms. The minimum atomic E-state index is -0.230. The number of rotatable bonds is 0. The number of aromatic nitrogens is 1. The molecule has 3 heteroatoms. The van der Waals surface area contributed by atoms with Crippen LogP contribution in [-0.4, -0.2) is 12.5 Å². The zero-order valence-corrected chi connectivity index (χ0v) is 5.79. The highest BCUT2D eigenvalue weighted by molar-refractivity contribution is 6.11. The molecule has 52 valence electrons. The maximum atomic E-state index is 12.9. The van der Waals surface area contributed by atoms with Crippen LogP contribution < -0.4 is 0 Å². The zero-order valence-electron chi connectivity index (χ0n) is 5.79. The minimum Gasteiger partial charge on any atom is -0.403 e. The number of fused-ring (bicyclic) bond motifs is 1. The van der Waals surface area contributed by atoms with E-state index in [0.717, 1.165) is 0 Å². The SMILES string of the molecule is [B]n1ccc2c(F)cccc21. The smallest absolute Gasteiger partial charge is 0.234 e. The Hall–Kier alpha value is -1.25. The standard InChI is InChI=1S/C8H5BFN/c9-11-5-4-6-7(10)2-1-3-8(6)11/h1-5H. The van der Waals surface area contributed by atoms with Crippen molar-refractivity contribution >= 4 is 18.9 Å². The van der Waals surface area contributed by atoms with Crippen molar-refractivity contribution in [2.24, 2.45) is 0 Å². The number of hydrogen-bond donors (Lipinski definition) is 0. The van der Waals surface area contributed by atoms with Crippen LogP contribution >= 0.6 is 0 Å². The molecule has 0 fully saturated rings. The van der Waals surface area contributed by atoms with Crippen LogP contribution in [0.15, 0.2) is 30.5 Å². The van der Waals surface area contributed by atoms with Gasteiger partial charge in [0.2, 0.25) is 7.98 Å². The topological polar surface area (TPSA) is 4.93 Å². The van der Waals surface area contributed by atoms with Crippen LogP contribution in [0.5, 0.6) is 0 Å². The summed E-state index contributed by atoms with van der Waals surface area (Å²) in [6.45, 7) is 0. The highest BCUT2D eigenvalue weighted by Gasteiger charge is 2.00. The van der Waals surface area contributed by atoms with Crippen molar-refractivity contribution in [2.75, 3.05) is 0 Å².